The molecule has 2 bridgehead atoms. The van der Waals surface area contributed by atoms with E-state index in [4.69, 9.17) is 16.1 Å². The summed E-state index contributed by atoms with van der Waals surface area (Å²) in [5.74, 6) is 1.59. The van der Waals surface area contributed by atoms with Crippen molar-refractivity contribution in [1.29, 1.82) is 0 Å². The van der Waals surface area contributed by atoms with E-state index in [-0.39, 0.29) is 0 Å². The highest BCUT2D eigenvalue weighted by Crippen LogP contribution is 2.44. The van der Waals surface area contributed by atoms with Crippen molar-refractivity contribution in [1.82, 2.24) is 5.16 Å². The van der Waals surface area contributed by atoms with Crippen LogP contribution in [0.25, 0.3) is 0 Å². The molecule has 4 aromatic rings. The minimum atomic E-state index is -1.37. The van der Waals surface area contributed by atoms with Crippen molar-refractivity contribution in [3.05, 3.63) is 119 Å². The number of thioether (sulfide) groups is 1. The van der Waals surface area contributed by atoms with Gasteiger partial charge in [-0.15, -0.1) is 11.8 Å². The fraction of sp³-hybridized carbons (Fsp3) is 0.300. The molecule has 4 heterocycles. The summed E-state index contributed by atoms with van der Waals surface area (Å²) >= 11 is 8.22. The fourth-order valence-electron chi connectivity index (χ4n) is 6.00. The number of fused-ring (bicyclic) bond motifs is 3. The Morgan fingerprint density at radius 1 is 0.917 bits per heavy atom. The summed E-state index contributed by atoms with van der Waals surface area (Å²) in [7, 11) is 0. The molecule has 0 aliphatic carbocycles. The number of hydrogen-bond donors (Lipinski definition) is 1. The van der Waals surface area contributed by atoms with Crippen LogP contribution in [0.4, 0.5) is 0 Å². The van der Waals surface area contributed by atoms with Gasteiger partial charge in [-0.1, -0.05) is 83.5 Å². The molecule has 0 radical (unpaired) electrons. The van der Waals surface area contributed by atoms with Gasteiger partial charge in [0.2, 0.25) is 0 Å². The highest BCUT2D eigenvalue weighted by Gasteiger charge is 2.47. The first-order valence-electron chi connectivity index (χ1n) is 12.6. The molecule has 0 spiro atoms. The number of quaternary nitrogens is 1. The first-order valence-corrected chi connectivity index (χ1v) is 13.9. The molecular formula is C30H30ClN2O2S+. The van der Waals surface area contributed by atoms with Crippen LogP contribution >= 0.6 is 23.4 Å². The average molecular weight is 518 g/mol. The Morgan fingerprint density at radius 3 is 2.22 bits per heavy atom. The van der Waals surface area contributed by atoms with Gasteiger partial charge in [-0.3, -0.25) is 0 Å². The average Bonchev–Trinajstić information content (AvgIpc) is 3.38. The maximum Gasteiger partial charge on any atom is 0.191 e. The second kappa shape index (κ2) is 9.71. The highest BCUT2D eigenvalue weighted by atomic mass is 35.5. The standard InChI is InChI=1S/C30H30ClN2O2S/c31-25-12-7-13-27(18-25)36-28-21-33(16-14-22(28)15-17-33)20-26-19-29(32-35-26)30(34,23-8-3-1-4-9-23)24-10-5-2-6-11-24/h1-13,18-19,22,28,34H,14-17,20-21H2/q+1/t22?,28-,33?/m0/s1. The lowest BCUT2D eigenvalue weighted by Crippen LogP contribution is -2.62. The Morgan fingerprint density at radius 2 is 1.58 bits per heavy atom. The van der Waals surface area contributed by atoms with E-state index in [9.17, 15) is 5.11 Å². The molecule has 4 nitrogen and oxygen atoms in total. The van der Waals surface area contributed by atoms with Gasteiger partial charge in [0.1, 0.15) is 12.2 Å². The summed E-state index contributed by atoms with van der Waals surface area (Å²) < 4.78 is 6.93. The SMILES string of the molecule is OC(c1ccccc1)(c1ccccc1)c1cc(C[N+]23CCC(CC2)[C@@H](Sc2cccc(Cl)c2)C3)on1. The number of rotatable bonds is 7. The van der Waals surface area contributed by atoms with Gasteiger partial charge in [0, 0.05) is 28.8 Å². The molecule has 1 N–H and O–H groups in total. The molecule has 3 aliphatic rings. The van der Waals surface area contributed by atoms with Gasteiger partial charge in [0.05, 0.1) is 24.9 Å². The molecule has 3 aliphatic heterocycles. The Hall–Kier alpha value is -2.57. The zero-order valence-electron chi connectivity index (χ0n) is 20.1. The summed E-state index contributed by atoms with van der Waals surface area (Å²) in [6.45, 7) is 4.23. The molecule has 1 atom stereocenters. The summed E-state index contributed by atoms with van der Waals surface area (Å²) in [6.07, 6.45) is 2.47. The van der Waals surface area contributed by atoms with Crippen LogP contribution in [0, 0.1) is 5.92 Å². The summed E-state index contributed by atoms with van der Waals surface area (Å²) in [5.41, 5.74) is 0.717. The van der Waals surface area contributed by atoms with Crippen molar-refractivity contribution < 1.29 is 14.1 Å². The van der Waals surface area contributed by atoms with Crippen LogP contribution < -0.4 is 0 Å². The maximum atomic E-state index is 12.1. The predicted octanol–water partition coefficient (Wildman–Crippen LogP) is 6.51. The lowest BCUT2D eigenvalue weighted by atomic mass is 9.83. The first-order chi connectivity index (χ1) is 17.5. The smallest absolute Gasteiger partial charge is 0.191 e. The molecule has 3 saturated heterocycles. The molecule has 0 amide bonds. The minimum Gasteiger partial charge on any atom is -0.374 e. The third-order valence-electron chi connectivity index (χ3n) is 7.93. The van der Waals surface area contributed by atoms with E-state index in [2.05, 4.69) is 17.3 Å². The van der Waals surface area contributed by atoms with Crippen LogP contribution in [-0.4, -0.2) is 39.6 Å². The zero-order chi connectivity index (χ0) is 24.6. The maximum absolute atomic E-state index is 12.1. The van der Waals surface area contributed by atoms with Gasteiger partial charge >= 0.3 is 0 Å². The van der Waals surface area contributed by atoms with Gasteiger partial charge in [-0.05, 0) is 35.2 Å². The predicted molar refractivity (Wildman–Crippen MR) is 144 cm³/mol. The number of piperidine rings is 3. The van der Waals surface area contributed by atoms with E-state index < -0.39 is 5.60 Å². The number of nitrogens with zero attached hydrogens (tertiary/aromatic N) is 2. The van der Waals surface area contributed by atoms with Gasteiger partial charge in [0.25, 0.3) is 0 Å². The monoisotopic (exact) mass is 517 g/mol. The molecule has 7 rings (SSSR count). The Bertz CT molecular complexity index is 1280. The number of aliphatic hydroxyl groups is 1. The lowest BCUT2D eigenvalue weighted by Gasteiger charge is -2.52. The number of halogens is 1. The second-order valence-corrected chi connectivity index (χ2v) is 12.0. The van der Waals surface area contributed by atoms with Crippen molar-refractivity contribution in [2.45, 2.75) is 35.1 Å². The second-order valence-electron chi connectivity index (χ2n) is 10.2. The van der Waals surface area contributed by atoms with Crippen LogP contribution in [0.15, 0.2) is 100 Å². The van der Waals surface area contributed by atoms with Crippen LogP contribution in [0.5, 0.6) is 0 Å². The number of hydrogen-bond acceptors (Lipinski definition) is 4. The largest absolute Gasteiger partial charge is 0.374 e. The number of aromatic nitrogens is 1. The van der Waals surface area contributed by atoms with Crippen molar-refractivity contribution in [2.24, 2.45) is 5.92 Å². The van der Waals surface area contributed by atoms with E-state index in [0.717, 1.165) is 58.5 Å². The Balaban J connectivity index is 1.26. The van der Waals surface area contributed by atoms with Crippen molar-refractivity contribution in [3.8, 4) is 0 Å². The van der Waals surface area contributed by atoms with Gasteiger partial charge in [-0.25, -0.2) is 0 Å². The summed E-state index contributed by atoms with van der Waals surface area (Å²) in [6, 6.07) is 29.6. The molecule has 0 saturated carbocycles. The Labute approximate surface area is 221 Å². The van der Waals surface area contributed by atoms with Crippen LogP contribution in [-0.2, 0) is 12.1 Å². The molecule has 36 heavy (non-hydrogen) atoms. The molecule has 1 aromatic heterocycles. The van der Waals surface area contributed by atoms with Crippen molar-refractivity contribution >= 4 is 23.4 Å². The van der Waals surface area contributed by atoms with Gasteiger partial charge < -0.3 is 14.1 Å². The molecular weight excluding hydrogens is 488 g/mol. The van der Waals surface area contributed by atoms with Crippen LogP contribution in [0.1, 0.15) is 35.4 Å². The highest BCUT2D eigenvalue weighted by molar-refractivity contribution is 8.00. The summed E-state index contributed by atoms with van der Waals surface area (Å²) in [5, 5.41) is 17.9. The molecule has 0 unspecified atom stereocenters. The topological polar surface area (TPSA) is 46.3 Å². The van der Waals surface area contributed by atoms with Crippen LogP contribution in [0.2, 0.25) is 5.02 Å². The third kappa shape index (κ3) is 4.50. The summed E-state index contributed by atoms with van der Waals surface area (Å²) in [4.78, 5) is 1.25. The molecule has 184 valence electrons. The normalized spacial score (nSPS) is 23.6. The van der Waals surface area contributed by atoms with Crippen LogP contribution in [0.3, 0.4) is 0 Å². The first kappa shape index (κ1) is 23.8. The van der Waals surface area contributed by atoms with E-state index in [1.165, 1.54) is 17.7 Å². The quantitative estimate of drug-likeness (QED) is 0.284. The lowest BCUT2D eigenvalue weighted by molar-refractivity contribution is -0.954. The minimum absolute atomic E-state index is 0.532. The van der Waals surface area contributed by atoms with Gasteiger partial charge in [0.15, 0.2) is 11.4 Å². The van der Waals surface area contributed by atoms with E-state index in [0.29, 0.717) is 10.9 Å². The van der Waals surface area contributed by atoms with E-state index in [1.54, 1.807) is 0 Å². The van der Waals surface area contributed by atoms with E-state index >= 15 is 0 Å². The molecule has 3 aromatic carbocycles. The van der Waals surface area contributed by atoms with E-state index in [1.807, 2.05) is 90.6 Å². The number of benzene rings is 3. The van der Waals surface area contributed by atoms with Crippen molar-refractivity contribution in [2.75, 3.05) is 19.6 Å². The van der Waals surface area contributed by atoms with Crippen molar-refractivity contribution in [3.63, 3.8) is 0 Å². The fourth-order valence-corrected chi connectivity index (χ4v) is 7.81. The molecule has 3 fully saturated rings. The Kier molecular flexibility index (Phi) is 6.42. The van der Waals surface area contributed by atoms with Gasteiger partial charge in [-0.2, -0.15) is 0 Å². The third-order valence-corrected chi connectivity index (χ3v) is 9.53. The zero-order valence-corrected chi connectivity index (χ0v) is 21.7. The molecule has 6 heteroatoms.